The highest BCUT2D eigenvalue weighted by Gasteiger charge is 2.65. The summed E-state index contributed by atoms with van der Waals surface area (Å²) in [6.07, 6.45) is -6.36. The first-order chi connectivity index (χ1) is 17.1. The molecule has 4 aliphatic rings. The number of carboxylic acid groups (broad SMARTS) is 1. The predicted octanol–water partition coefficient (Wildman–Crippen LogP) is 5.53. The fourth-order valence-electron chi connectivity index (χ4n) is 7.53. The maximum atomic E-state index is 14.4. The molecule has 0 radical (unpaired) electrons. The molecule has 9 atom stereocenters. The van der Waals surface area contributed by atoms with E-state index in [0.29, 0.717) is 25.7 Å². The van der Waals surface area contributed by atoms with E-state index < -0.39 is 77.0 Å². The number of rotatable bonds is 5. The molecule has 0 saturated heterocycles. The van der Waals surface area contributed by atoms with E-state index in [9.17, 15) is 22.2 Å². The van der Waals surface area contributed by atoms with Gasteiger partial charge in [0.25, 0.3) is 0 Å². The number of Topliss-reactive ketones (excluding diaryl/α,β-unsaturated/α-hetero) is 2. The van der Waals surface area contributed by atoms with Crippen molar-refractivity contribution in [1.82, 2.24) is 0 Å². The summed E-state index contributed by atoms with van der Waals surface area (Å²) in [6, 6.07) is 0. The van der Waals surface area contributed by atoms with E-state index >= 15 is 0 Å². The van der Waals surface area contributed by atoms with Crippen LogP contribution in [0.25, 0.3) is 0 Å². The van der Waals surface area contributed by atoms with Crippen molar-refractivity contribution >= 4 is 17.5 Å². The first-order valence-corrected chi connectivity index (χ1v) is 11.4. The minimum atomic E-state index is -2.73. The van der Waals surface area contributed by atoms with E-state index in [1.165, 1.54) is 0 Å². The number of ketones is 2. The van der Waals surface area contributed by atoms with Gasteiger partial charge in [0.1, 0.15) is 11.6 Å². The molecule has 0 aliphatic heterocycles. The van der Waals surface area contributed by atoms with Crippen LogP contribution >= 0.6 is 0 Å². The molecule has 4 saturated carbocycles. The molecule has 2 unspecified atom stereocenters. The van der Waals surface area contributed by atoms with Crippen LogP contribution in [0.4, 0.5) is 0 Å². The van der Waals surface area contributed by atoms with Gasteiger partial charge >= 0.3 is 5.97 Å². The van der Waals surface area contributed by atoms with Crippen LogP contribution in [-0.2, 0) is 14.4 Å². The van der Waals surface area contributed by atoms with E-state index in [0.717, 1.165) is 0 Å². The van der Waals surface area contributed by atoms with E-state index in [2.05, 4.69) is 0 Å². The Morgan fingerprint density at radius 2 is 1.90 bits per heavy atom. The van der Waals surface area contributed by atoms with Crippen molar-refractivity contribution in [3.05, 3.63) is 0 Å². The fourth-order valence-corrected chi connectivity index (χ4v) is 7.53. The lowest BCUT2D eigenvalue weighted by molar-refractivity contribution is -0.169. The number of fused-ring (bicyclic) bond motifs is 5. The zero-order valence-corrected chi connectivity index (χ0v) is 18.5. The molecule has 0 aromatic rings. The van der Waals surface area contributed by atoms with Crippen molar-refractivity contribution in [2.75, 3.05) is 0 Å². The Balaban J connectivity index is 1.82. The lowest BCUT2D eigenvalue weighted by atomic mass is 9.42. The topological polar surface area (TPSA) is 71.4 Å². The van der Waals surface area contributed by atoms with Gasteiger partial charge < -0.3 is 5.11 Å². The number of carbonyl (C=O) groups is 3. The maximum absolute atomic E-state index is 14.4. The first kappa shape index (κ1) is 14.1. The van der Waals surface area contributed by atoms with Crippen LogP contribution in [-0.4, -0.2) is 22.6 Å². The second-order valence-corrected chi connectivity index (χ2v) is 10.4. The Hall–Kier alpha value is -1.19. The van der Waals surface area contributed by atoms with Gasteiger partial charge in [-0.2, -0.15) is 0 Å². The second kappa shape index (κ2) is 7.74. The van der Waals surface area contributed by atoms with Crippen LogP contribution in [0.5, 0.6) is 0 Å². The van der Waals surface area contributed by atoms with Gasteiger partial charge in [-0.15, -0.1) is 0 Å². The van der Waals surface area contributed by atoms with Gasteiger partial charge in [0, 0.05) is 41.9 Å². The Morgan fingerprint density at radius 3 is 2.57 bits per heavy atom. The fraction of sp³-hybridized carbons (Fsp3) is 0.885. The number of aliphatic carboxylic acids is 1. The first-order valence-electron chi connectivity index (χ1n) is 15.4. The summed E-state index contributed by atoms with van der Waals surface area (Å²) in [5, 5.41) is 9.33. The highest BCUT2D eigenvalue weighted by molar-refractivity contribution is 5.88. The third kappa shape index (κ3) is 3.19. The smallest absolute Gasteiger partial charge is 0.303 e. The molecule has 0 spiro atoms. The van der Waals surface area contributed by atoms with Crippen molar-refractivity contribution in [2.45, 2.75) is 91.8 Å². The standard InChI is InChI=1S/C26H40O4/c1-5-17-21-14-16(27)10-12-26(21,4)20-11-13-25(3)18(15(2)6-9-22(28)29)7-8-19(25)23(20)24(17)30/h15,17-21,23H,5-14H2,1-4H3,(H,28,29)/t15-,17-,18-,19?,20?,21+,23+,25-,26-/m1/s1/i9D2,10D2,14D2,17D,23D. The van der Waals surface area contributed by atoms with Gasteiger partial charge in [0.2, 0.25) is 0 Å². The molecule has 0 bridgehead atoms. The van der Waals surface area contributed by atoms with Crippen LogP contribution in [0.15, 0.2) is 0 Å². The third-order valence-corrected chi connectivity index (χ3v) is 9.04. The van der Waals surface area contributed by atoms with Crippen molar-refractivity contribution < 1.29 is 30.5 Å². The highest BCUT2D eigenvalue weighted by atomic mass is 16.4. The number of hydrogen-bond acceptors (Lipinski definition) is 3. The Labute approximate surface area is 192 Å². The Bertz CT molecular complexity index is 1060. The number of hydrogen-bond donors (Lipinski definition) is 1. The molecular formula is C26H40O4. The Kier molecular flexibility index (Phi) is 3.63. The van der Waals surface area contributed by atoms with Gasteiger partial charge in [0.15, 0.2) is 0 Å². The number of carbonyl (C=O) groups excluding carboxylic acids is 2. The van der Waals surface area contributed by atoms with Crippen LogP contribution in [0.3, 0.4) is 0 Å². The van der Waals surface area contributed by atoms with Crippen molar-refractivity contribution in [2.24, 2.45) is 52.2 Å². The Morgan fingerprint density at radius 1 is 1.20 bits per heavy atom. The van der Waals surface area contributed by atoms with Crippen LogP contribution in [0, 0.1) is 52.2 Å². The zero-order valence-electron chi connectivity index (χ0n) is 26.5. The largest absolute Gasteiger partial charge is 0.481 e. The molecule has 4 fully saturated rings. The minimum Gasteiger partial charge on any atom is -0.481 e. The summed E-state index contributed by atoms with van der Waals surface area (Å²) < 4.78 is 69.4. The molecule has 4 rings (SSSR count). The van der Waals surface area contributed by atoms with Crippen molar-refractivity contribution in [3.8, 4) is 0 Å². The molecule has 1 N–H and O–H groups in total. The molecule has 4 heteroatoms. The van der Waals surface area contributed by atoms with Gasteiger partial charge in [-0.05, 0) is 85.4 Å². The summed E-state index contributed by atoms with van der Waals surface area (Å²) in [4.78, 5) is 38.8. The maximum Gasteiger partial charge on any atom is 0.303 e. The van der Waals surface area contributed by atoms with Gasteiger partial charge in [-0.1, -0.05) is 27.7 Å². The molecule has 0 amide bonds. The van der Waals surface area contributed by atoms with Gasteiger partial charge in [-0.25, -0.2) is 0 Å². The summed E-state index contributed by atoms with van der Waals surface area (Å²) >= 11 is 0. The summed E-state index contributed by atoms with van der Waals surface area (Å²) in [5.74, 6) is -10.4. The molecule has 168 valence electrons. The van der Waals surface area contributed by atoms with Crippen LogP contribution in [0.2, 0.25) is 0 Å². The molecule has 30 heavy (non-hydrogen) atoms. The molecule has 0 aromatic carbocycles. The van der Waals surface area contributed by atoms with Gasteiger partial charge in [0.05, 0.1) is 0 Å². The van der Waals surface area contributed by atoms with E-state index in [4.69, 9.17) is 8.22 Å². The molecule has 4 nitrogen and oxygen atoms in total. The summed E-state index contributed by atoms with van der Waals surface area (Å²) in [6.45, 7) is 7.07. The lowest BCUT2D eigenvalue weighted by Crippen LogP contribution is -2.60. The minimum absolute atomic E-state index is 0.0999. The zero-order chi connectivity index (χ0) is 29.1. The summed E-state index contributed by atoms with van der Waals surface area (Å²) in [5.41, 5.74) is -1.87. The normalized spacial score (nSPS) is 59.3. The SMILES string of the molecule is [2H]C([2H])(C[C@@H](C)[C@H]1CCC2[C@]3([2H])C(=O)[C@]([2H])(CC)[C@@H]4C([2H])([2H])C(=O)C([2H])([2H])C[C@]4(C)C3CC[C@@]21C)C(=O)O. The van der Waals surface area contributed by atoms with Crippen LogP contribution in [0.1, 0.15) is 103 Å². The average molecular weight is 425 g/mol. The van der Waals surface area contributed by atoms with E-state index in [1.54, 1.807) is 13.8 Å². The van der Waals surface area contributed by atoms with Gasteiger partial charge in [-0.3, -0.25) is 14.4 Å². The van der Waals surface area contributed by atoms with E-state index in [-0.39, 0.29) is 31.1 Å². The molecular weight excluding hydrogens is 376 g/mol. The lowest BCUT2D eigenvalue weighted by Gasteiger charge is -2.61. The summed E-state index contributed by atoms with van der Waals surface area (Å²) in [7, 11) is 0. The quantitative estimate of drug-likeness (QED) is 0.630. The monoisotopic (exact) mass is 424 g/mol. The third-order valence-electron chi connectivity index (χ3n) is 9.04. The highest BCUT2D eigenvalue weighted by Crippen LogP contribution is 2.68. The average Bonchev–Trinajstić information content (AvgIpc) is 3.14. The van der Waals surface area contributed by atoms with E-state index in [1.807, 2.05) is 13.8 Å². The molecule has 0 heterocycles. The van der Waals surface area contributed by atoms with Crippen LogP contribution < -0.4 is 0 Å². The second-order valence-electron chi connectivity index (χ2n) is 10.4. The van der Waals surface area contributed by atoms with Crippen molar-refractivity contribution in [1.29, 1.82) is 0 Å². The predicted molar refractivity (Wildman–Crippen MR) is 116 cm³/mol. The molecule has 0 aromatic heterocycles. The van der Waals surface area contributed by atoms with Crippen molar-refractivity contribution in [3.63, 3.8) is 0 Å². The molecule has 4 aliphatic carbocycles. The number of carboxylic acids is 1.